The van der Waals surface area contributed by atoms with E-state index in [0.29, 0.717) is 0 Å². The Kier molecular flexibility index (Phi) is 5.41. The SMILES string of the molecule is O=S(=O)(Nc1ccc(S(=O)(=O)Nc2ccccc2Cl)cc1)c1ccccc1. The monoisotopic (exact) mass is 422 g/mol. The third kappa shape index (κ3) is 4.60. The Morgan fingerprint density at radius 1 is 0.593 bits per heavy atom. The van der Waals surface area contributed by atoms with Gasteiger partial charge in [-0.2, -0.15) is 0 Å². The molecule has 9 heteroatoms. The van der Waals surface area contributed by atoms with Gasteiger partial charge < -0.3 is 0 Å². The quantitative estimate of drug-likeness (QED) is 0.629. The number of hydrogen-bond donors (Lipinski definition) is 2. The lowest BCUT2D eigenvalue weighted by Gasteiger charge is -2.11. The van der Waals surface area contributed by atoms with E-state index in [-0.39, 0.29) is 26.2 Å². The van der Waals surface area contributed by atoms with Gasteiger partial charge in [0.1, 0.15) is 0 Å². The fourth-order valence-corrected chi connectivity index (χ4v) is 4.66. The maximum absolute atomic E-state index is 12.5. The summed E-state index contributed by atoms with van der Waals surface area (Å²) in [7, 11) is -7.61. The van der Waals surface area contributed by atoms with E-state index in [1.807, 2.05) is 0 Å². The van der Waals surface area contributed by atoms with Gasteiger partial charge in [-0.3, -0.25) is 9.44 Å². The molecule has 0 aliphatic heterocycles. The predicted molar refractivity (Wildman–Crippen MR) is 106 cm³/mol. The second-order valence-corrected chi connectivity index (χ2v) is 9.30. The number of anilines is 2. The second kappa shape index (κ2) is 7.59. The van der Waals surface area contributed by atoms with Gasteiger partial charge in [-0.1, -0.05) is 41.9 Å². The van der Waals surface area contributed by atoms with E-state index >= 15 is 0 Å². The summed E-state index contributed by atoms with van der Waals surface area (Å²) in [4.78, 5) is 0.0900. The second-order valence-electron chi connectivity index (χ2n) is 5.53. The number of halogens is 1. The summed E-state index contributed by atoms with van der Waals surface area (Å²) >= 11 is 5.97. The lowest BCUT2D eigenvalue weighted by atomic mass is 10.3. The molecule has 0 amide bonds. The first kappa shape index (κ1) is 19.2. The standard InChI is InChI=1S/C18H15ClN2O4S2/c19-17-8-4-5-9-18(17)21-27(24,25)16-12-10-14(11-13-16)20-26(22,23)15-6-2-1-3-7-15/h1-13,20-21H. The number of benzene rings is 3. The molecular formula is C18H15ClN2O4S2. The van der Waals surface area contributed by atoms with E-state index in [2.05, 4.69) is 9.44 Å². The Morgan fingerprint density at radius 3 is 1.74 bits per heavy atom. The number of rotatable bonds is 6. The van der Waals surface area contributed by atoms with Crippen LogP contribution in [-0.2, 0) is 20.0 Å². The molecule has 0 aliphatic carbocycles. The zero-order valence-corrected chi connectivity index (χ0v) is 16.2. The molecule has 2 N–H and O–H groups in total. The van der Waals surface area contributed by atoms with Crippen LogP contribution in [0.15, 0.2) is 88.7 Å². The Morgan fingerprint density at radius 2 is 1.11 bits per heavy atom. The van der Waals surface area contributed by atoms with Crippen molar-refractivity contribution in [2.24, 2.45) is 0 Å². The van der Waals surface area contributed by atoms with E-state index in [4.69, 9.17) is 11.6 Å². The molecule has 0 spiro atoms. The molecule has 0 aliphatic rings. The average molecular weight is 423 g/mol. The lowest BCUT2D eigenvalue weighted by molar-refractivity contribution is 0.600. The summed E-state index contributed by atoms with van der Waals surface area (Å²) in [6.07, 6.45) is 0. The highest BCUT2D eigenvalue weighted by molar-refractivity contribution is 7.93. The molecule has 0 fully saturated rings. The van der Waals surface area contributed by atoms with Crippen molar-refractivity contribution in [1.82, 2.24) is 0 Å². The van der Waals surface area contributed by atoms with Crippen LogP contribution in [0.25, 0.3) is 0 Å². The summed E-state index contributed by atoms with van der Waals surface area (Å²) in [5, 5.41) is 0.272. The molecule has 0 unspecified atom stereocenters. The van der Waals surface area contributed by atoms with Gasteiger partial charge in [0, 0.05) is 5.69 Å². The van der Waals surface area contributed by atoms with Crippen LogP contribution in [0.5, 0.6) is 0 Å². The number of para-hydroxylation sites is 1. The topological polar surface area (TPSA) is 92.3 Å². The highest BCUT2D eigenvalue weighted by atomic mass is 35.5. The highest BCUT2D eigenvalue weighted by Crippen LogP contribution is 2.25. The van der Waals surface area contributed by atoms with Crippen molar-refractivity contribution in [3.63, 3.8) is 0 Å². The Hall–Kier alpha value is -2.55. The first-order valence-corrected chi connectivity index (χ1v) is 11.1. The Labute approximate surface area is 162 Å². The van der Waals surface area contributed by atoms with E-state index in [1.54, 1.807) is 42.5 Å². The van der Waals surface area contributed by atoms with Gasteiger partial charge >= 0.3 is 0 Å². The Bertz CT molecular complexity index is 1150. The van der Waals surface area contributed by atoms with Crippen molar-refractivity contribution < 1.29 is 16.8 Å². The number of sulfonamides is 2. The van der Waals surface area contributed by atoms with E-state index in [1.165, 1.54) is 36.4 Å². The summed E-state index contributed by atoms with van der Waals surface area (Å²) in [6.45, 7) is 0. The molecule has 6 nitrogen and oxygen atoms in total. The van der Waals surface area contributed by atoms with Gasteiger partial charge in [-0.25, -0.2) is 16.8 Å². The highest BCUT2D eigenvalue weighted by Gasteiger charge is 2.17. The summed E-state index contributed by atoms with van der Waals surface area (Å²) in [5.41, 5.74) is 0.503. The minimum absolute atomic E-state index is 0.0231. The lowest BCUT2D eigenvalue weighted by Crippen LogP contribution is -2.14. The fourth-order valence-electron chi connectivity index (χ4n) is 2.26. The average Bonchev–Trinajstić information content (AvgIpc) is 2.64. The molecule has 3 aromatic rings. The van der Waals surface area contributed by atoms with Crippen LogP contribution in [0.4, 0.5) is 11.4 Å². The summed E-state index contributed by atoms with van der Waals surface area (Å²) in [5.74, 6) is 0. The molecule has 3 rings (SSSR count). The molecule has 0 saturated heterocycles. The van der Waals surface area contributed by atoms with Crippen LogP contribution in [-0.4, -0.2) is 16.8 Å². The van der Waals surface area contributed by atoms with Gasteiger partial charge in [-0.05, 0) is 48.5 Å². The first-order chi connectivity index (χ1) is 12.8. The zero-order chi connectivity index (χ0) is 19.5. The van der Waals surface area contributed by atoms with Crippen molar-refractivity contribution in [3.8, 4) is 0 Å². The van der Waals surface area contributed by atoms with Crippen molar-refractivity contribution in [2.45, 2.75) is 9.79 Å². The predicted octanol–water partition coefficient (Wildman–Crippen LogP) is 3.94. The van der Waals surface area contributed by atoms with Gasteiger partial charge in [0.25, 0.3) is 20.0 Å². The fraction of sp³-hybridized carbons (Fsp3) is 0. The zero-order valence-electron chi connectivity index (χ0n) is 13.8. The third-order valence-corrected chi connectivity index (χ3v) is 6.70. The van der Waals surface area contributed by atoms with Crippen molar-refractivity contribution in [3.05, 3.63) is 83.9 Å². The minimum Gasteiger partial charge on any atom is -0.280 e. The van der Waals surface area contributed by atoms with Gasteiger partial charge in [0.15, 0.2) is 0 Å². The molecule has 0 atom stereocenters. The third-order valence-electron chi connectivity index (χ3n) is 3.59. The van der Waals surface area contributed by atoms with Crippen LogP contribution in [0.3, 0.4) is 0 Å². The van der Waals surface area contributed by atoms with Gasteiger partial charge in [0.2, 0.25) is 0 Å². The first-order valence-electron chi connectivity index (χ1n) is 7.73. The van der Waals surface area contributed by atoms with Gasteiger partial charge in [0.05, 0.1) is 20.5 Å². The van der Waals surface area contributed by atoms with Crippen LogP contribution < -0.4 is 9.44 Å². The molecular weight excluding hydrogens is 408 g/mol. The van der Waals surface area contributed by atoms with Crippen molar-refractivity contribution in [1.29, 1.82) is 0 Å². The molecule has 140 valence electrons. The van der Waals surface area contributed by atoms with Gasteiger partial charge in [-0.15, -0.1) is 0 Å². The maximum atomic E-state index is 12.5. The molecule has 27 heavy (non-hydrogen) atoms. The van der Waals surface area contributed by atoms with E-state index < -0.39 is 20.0 Å². The van der Waals surface area contributed by atoms with Crippen molar-refractivity contribution >= 4 is 43.0 Å². The summed E-state index contributed by atoms with van der Waals surface area (Å²) < 4.78 is 54.3. The molecule has 0 saturated carbocycles. The molecule has 3 aromatic carbocycles. The largest absolute Gasteiger partial charge is 0.280 e. The van der Waals surface area contributed by atoms with Crippen molar-refractivity contribution in [2.75, 3.05) is 9.44 Å². The summed E-state index contributed by atoms with van der Waals surface area (Å²) in [6, 6.07) is 19.7. The van der Waals surface area contributed by atoms with Crippen LogP contribution in [0.2, 0.25) is 5.02 Å². The van der Waals surface area contributed by atoms with Crippen LogP contribution >= 0.6 is 11.6 Å². The number of hydrogen-bond acceptors (Lipinski definition) is 4. The van der Waals surface area contributed by atoms with E-state index in [9.17, 15) is 16.8 Å². The molecule has 0 bridgehead atoms. The maximum Gasteiger partial charge on any atom is 0.261 e. The van der Waals surface area contributed by atoms with Crippen LogP contribution in [0.1, 0.15) is 0 Å². The smallest absolute Gasteiger partial charge is 0.261 e. The number of nitrogens with one attached hydrogen (secondary N) is 2. The van der Waals surface area contributed by atoms with E-state index in [0.717, 1.165) is 0 Å². The minimum atomic E-state index is -3.86. The molecule has 0 heterocycles. The Balaban J connectivity index is 1.80. The molecule has 0 aromatic heterocycles. The normalized spacial score (nSPS) is 11.7. The van der Waals surface area contributed by atoms with Crippen LogP contribution in [0, 0.1) is 0 Å². The molecule has 0 radical (unpaired) electrons.